The number of benzene rings is 1. The predicted molar refractivity (Wildman–Crippen MR) is 78.6 cm³/mol. The molecule has 1 aromatic heterocycles. The van der Waals surface area contributed by atoms with E-state index in [-0.39, 0.29) is 5.84 Å². The molecule has 2 aromatic rings. The molecular weight excluding hydrogens is 274 g/mol. The molecule has 1 heterocycles. The molecule has 0 unspecified atom stereocenters. The molecule has 20 heavy (non-hydrogen) atoms. The Morgan fingerprint density at radius 3 is 2.60 bits per heavy atom. The van der Waals surface area contributed by atoms with Gasteiger partial charge in [-0.2, -0.15) is 0 Å². The Labute approximate surface area is 121 Å². The highest BCUT2D eigenvalue weighted by Crippen LogP contribution is 2.31. The van der Waals surface area contributed by atoms with Gasteiger partial charge in [0.1, 0.15) is 10.8 Å². The van der Waals surface area contributed by atoms with E-state index in [9.17, 15) is 0 Å². The molecule has 104 valence electrons. The average molecular weight is 289 g/mol. The summed E-state index contributed by atoms with van der Waals surface area (Å²) in [5.41, 5.74) is 7.28. The molecule has 0 saturated carbocycles. The third kappa shape index (κ3) is 3.03. The lowest BCUT2D eigenvalue weighted by molar-refractivity contribution is 0.318. The Morgan fingerprint density at radius 2 is 2.00 bits per heavy atom. The summed E-state index contributed by atoms with van der Waals surface area (Å²) in [4.78, 5) is 5.30. The maximum Gasteiger partial charge on any atom is 0.173 e. The predicted octanol–water partition coefficient (Wildman–Crippen LogP) is 2.64. The summed E-state index contributed by atoms with van der Waals surface area (Å²) in [5.74, 6) is 0.856. The van der Waals surface area contributed by atoms with Gasteiger partial charge in [-0.05, 0) is 42.8 Å². The van der Waals surface area contributed by atoms with E-state index in [0.29, 0.717) is 10.6 Å². The Hall–Kier alpha value is -2.21. The van der Waals surface area contributed by atoms with E-state index in [2.05, 4.69) is 10.1 Å². The molecule has 0 spiro atoms. The van der Waals surface area contributed by atoms with Crippen LogP contribution < -0.4 is 10.5 Å². The minimum atomic E-state index is 0.0617. The molecule has 0 aliphatic rings. The molecule has 0 atom stereocenters. The first-order valence-corrected chi connectivity index (χ1v) is 6.72. The highest BCUT2D eigenvalue weighted by molar-refractivity contribution is 7.99. The van der Waals surface area contributed by atoms with Gasteiger partial charge in [0.25, 0.3) is 0 Å². The van der Waals surface area contributed by atoms with Gasteiger partial charge in [0.2, 0.25) is 0 Å². The highest BCUT2D eigenvalue weighted by Gasteiger charge is 2.13. The standard InChI is InChI=1S/C14H15N3O2S/c1-9-7-8-16-14(12(9)13(15)17-18)20-11-5-3-10(19-2)4-6-11/h3-8,18H,1-2H3,(H2,15,17). The maximum atomic E-state index is 8.88. The Balaban J connectivity index is 2.35. The number of nitrogens with zero attached hydrogens (tertiary/aromatic N) is 2. The summed E-state index contributed by atoms with van der Waals surface area (Å²) in [6.45, 7) is 1.90. The van der Waals surface area contributed by atoms with Crippen LogP contribution in [0.3, 0.4) is 0 Å². The van der Waals surface area contributed by atoms with Gasteiger partial charge in [0, 0.05) is 11.1 Å². The number of aryl methyl sites for hydroxylation is 1. The van der Waals surface area contributed by atoms with Crippen molar-refractivity contribution in [3.05, 3.63) is 47.7 Å². The third-order valence-corrected chi connectivity index (χ3v) is 3.77. The maximum absolute atomic E-state index is 8.88. The lowest BCUT2D eigenvalue weighted by Crippen LogP contribution is -2.16. The molecular formula is C14H15N3O2S. The van der Waals surface area contributed by atoms with Crippen molar-refractivity contribution < 1.29 is 9.94 Å². The second kappa shape index (κ2) is 6.29. The van der Waals surface area contributed by atoms with Crippen LogP contribution in [0, 0.1) is 6.92 Å². The van der Waals surface area contributed by atoms with Crippen LogP contribution in [-0.4, -0.2) is 23.1 Å². The molecule has 2 rings (SSSR count). The van der Waals surface area contributed by atoms with Crippen molar-refractivity contribution >= 4 is 17.6 Å². The number of aromatic nitrogens is 1. The van der Waals surface area contributed by atoms with Gasteiger partial charge in [-0.1, -0.05) is 16.9 Å². The molecule has 0 aliphatic carbocycles. The van der Waals surface area contributed by atoms with Crippen LogP contribution in [0.1, 0.15) is 11.1 Å². The van der Waals surface area contributed by atoms with Crippen molar-refractivity contribution in [2.45, 2.75) is 16.8 Å². The quantitative estimate of drug-likeness (QED) is 0.391. The topological polar surface area (TPSA) is 80.7 Å². The van der Waals surface area contributed by atoms with Gasteiger partial charge in [-0.3, -0.25) is 0 Å². The molecule has 6 heteroatoms. The largest absolute Gasteiger partial charge is 0.497 e. The van der Waals surface area contributed by atoms with Crippen LogP contribution >= 0.6 is 11.8 Å². The number of rotatable bonds is 4. The Bertz CT molecular complexity index is 627. The monoisotopic (exact) mass is 289 g/mol. The summed E-state index contributed by atoms with van der Waals surface area (Å²) in [7, 11) is 1.63. The van der Waals surface area contributed by atoms with E-state index in [1.54, 1.807) is 13.3 Å². The van der Waals surface area contributed by atoms with Crippen molar-refractivity contribution in [3.8, 4) is 5.75 Å². The van der Waals surface area contributed by atoms with Gasteiger partial charge in [0.05, 0.1) is 12.7 Å². The number of hydrogen-bond donors (Lipinski definition) is 2. The number of hydrogen-bond acceptors (Lipinski definition) is 5. The first-order chi connectivity index (χ1) is 9.65. The van der Waals surface area contributed by atoms with Crippen molar-refractivity contribution in [1.29, 1.82) is 0 Å². The van der Waals surface area contributed by atoms with E-state index in [1.807, 2.05) is 37.3 Å². The number of oxime groups is 1. The summed E-state index contributed by atoms with van der Waals surface area (Å²) in [6.07, 6.45) is 1.70. The molecule has 0 radical (unpaired) electrons. The van der Waals surface area contributed by atoms with E-state index >= 15 is 0 Å². The molecule has 1 aromatic carbocycles. The smallest absolute Gasteiger partial charge is 0.173 e. The third-order valence-electron chi connectivity index (χ3n) is 2.76. The molecule has 0 fully saturated rings. The summed E-state index contributed by atoms with van der Waals surface area (Å²) in [5, 5.41) is 12.7. The highest BCUT2D eigenvalue weighted by atomic mass is 32.2. The van der Waals surface area contributed by atoms with E-state index < -0.39 is 0 Å². The van der Waals surface area contributed by atoms with Gasteiger partial charge < -0.3 is 15.7 Å². The van der Waals surface area contributed by atoms with Gasteiger partial charge >= 0.3 is 0 Å². The van der Waals surface area contributed by atoms with Crippen molar-refractivity contribution in [2.24, 2.45) is 10.9 Å². The number of ether oxygens (including phenoxy) is 1. The first kappa shape index (κ1) is 14.2. The lowest BCUT2D eigenvalue weighted by atomic mass is 10.1. The molecule has 3 N–H and O–H groups in total. The summed E-state index contributed by atoms with van der Waals surface area (Å²) >= 11 is 1.45. The fourth-order valence-electron chi connectivity index (χ4n) is 1.73. The van der Waals surface area contributed by atoms with Crippen LogP contribution in [0.2, 0.25) is 0 Å². The van der Waals surface area contributed by atoms with Crippen molar-refractivity contribution in [3.63, 3.8) is 0 Å². The fraction of sp³-hybridized carbons (Fsp3) is 0.143. The number of amidine groups is 1. The number of methoxy groups -OCH3 is 1. The second-order valence-corrected chi connectivity index (χ2v) is 5.13. The van der Waals surface area contributed by atoms with Crippen LogP contribution in [0.25, 0.3) is 0 Å². The molecule has 5 nitrogen and oxygen atoms in total. The molecule has 0 aliphatic heterocycles. The second-order valence-electron chi connectivity index (χ2n) is 4.07. The normalized spacial score (nSPS) is 11.4. The zero-order valence-electron chi connectivity index (χ0n) is 11.2. The van der Waals surface area contributed by atoms with Crippen LogP contribution in [0.5, 0.6) is 5.75 Å². The van der Waals surface area contributed by atoms with E-state index in [4.69, 9.17) is 15.7 Å². The summed E-state index contributed by atoms with van der Waals surface area (Å²) in [6, 6.07) is 9.45. The lowest BCUT2D eigenvalue weighted by Gasteiger charge is -2.10. The average Bonchev–Trinajstić information content (AvgIpc) is 2.47. The molecule has 0 bridgehead atoms. The SMILES string of the molecule is COc1ccc(Sc2nccc(C)c2/C(N)=N/O)cc1. The minimum Gasteiger partial charge on any atom is -0.497 e. The van der Waals surface area contributed by atoms with Crippen molar-refractivity contribution in [2.75, 3.05) is 7.11 Å². The van der Waals surface area contributed by atoms with Gasteiger partial charge in [-0.25, -0.2) is 4.98 Å². The minimum absolute atomic E-state index is 0.0617. The van der Waals surface area contributed by atoms with Crippen LogP contribution in [0.15, 0.2) is 51.6 Å². The van der Waals surface area contributed by atoms with E-state index in [1.165, 1.54) is 11.8 Å². The van der Waals surface area contributed by atoms with E-state index in [0.717, 1.165) is 16.2 Å². The first-order valence-electron chi connectivity index (χ1n) is 5.91. The number of nitrogens with two attached hydrogens (primary N) is 1. The fourth-order valence-corrected chi connectivity index (χ4v) is 2.70. The van der Waals surface area contributed by atoms with Gasteiger partial charge in [0.15, 0.2) is 5.84 Å². The number of pyridine rings is 1. The Kier molecular flexibility index (Phi) is 4.47. The van der Waals surface area contributed by atoms with Crippen LogP contribution in [-0.2, 0) is 0 Å². The molecule has 0 saturated heterocycles. The van der Waals surface area contributed by atoms with Crippen LogP contribution in [0.4, 0.5) is 0 Å². The molecule has 0 amide bonds. The Morgan fingerprint density at radius 1 is 1.30 bits per heavy atom. The van der Waals surface area contributed by atoms with Gasteiger partial charge in [-0.15, -0.1) is 0 Å². The summed E-state index contributed by atoms with van der Waals surface area (Å²) < 4.78 is 5.12. The zero-order valence-corrected chi connectivity index (χ0v) is 12.0. The van der Waals surface area contributed by atoms with Crippen molar-refractivity contribution in [1.82, 2.24) is 4.98 Å². The zero-order chi connectivity index (χ0) is 14.5.